The first kappa shape index (κ1) is 22.0. The highest BCUT2D eigenvalue weighted by atomic mass is 16.5. The maximum atomic E-state index is 12.5. The van der Waals surface area contributed by atoms with E-state index in [1.807, 2.05) is 30.3 Å². The van der Waals surface area contributed by atoms with Gasteiger partial charge in [0.05, 0.1) is 30.8 Å². The number of benzene rings is 3. The van der Waals surface area contributed by atoms with Gasteiger partial charge in [-0.05, 0) is 36.6 Å². The molecule has 5 aromatic rings. The molecule has 2 N–H and O–H groups in total. The lowest BCUT2D eigenvalue weighted by molar-refractivity contribution is 0.262. The van der Waals surface area contributed by atoms with Crippen LogP contribution in [0, 0.1) is 6.92 Å². The summed E-state index contributed by atoms with van der Waals surface area (Å²) in [5.74, 6) is 2.92. The average molecular weight is 471 g/mol. The van der Waals surface area contributed by atoms with Crippen LogP contribution in [-0.4, -0.2) is 35.4 Å². The van der Waals surface area contributed by atoms with Gasteiger partial charge in [-0.15, -0.1) is 0 Å². The van der Waals surface area contributed by atoms with E-state index in [0.717, 1.165) is 10.8 Å². The average Bonchev–Trinajstić information content (AvgIpc) is 3.27. The number of aromatic nitrogens is 3. The van der Waals surface area contributed by atoms with Crippen LogP contribution in [0.25, 0.3) is 21.7 Å². The Morgan fingerprint density at radius 2 is 1.74 bits per heavy atom. The molecule has 0 aliphatic rings. The molecule has 0 fully saturated rings. The summed E-state index contributed by atoms with van der Waals surface area (Å²) in [4.78, 5) is 21.1. The van der Waals surface area contributed by atoms with Gasteiger partial charge < -0.3 is 24.1 Å². The number of urea groups is 1. The zero-order chi connectivity index (χ0) is 24.4. The van der Waals surface area contributed by atoms with E-state index in [2.05, 4.69) is 25.8 Å². The second-order valence-electron chi connectivity index (χ2n) is 7.60. The van der Waals surface area contributed by atoms with Crippen molar-refractivity contribution in [1.82, 2.24) is 15.1 Å². The first-order chi connectivity index (χ1) is 17.0. The summed E-state index contributed by atoms with van der Waals surface area (Å²) in [6, 6.07) is 15.9. The molecule has 0 atom stereocenters. The van der Waals surface area contributed by atoms with Gasteiger partial charge >= 0.3 is 6.03 Å². The van der Waals surface area contributed by atoms with Crippen molar-refractivity contribution >= 4 is 39.2 Å². The number of aryl methyl sites for hydroxylation is 1. The quantitative estimate of drug-likeness (QED) is 0.331. The first-order valence-electron chi connectivity index (χ1n) is 10.6. The van der Waals surface area contributed by atoms with Gasteiger partial charge in [0, 0.05) is 17.5 Å². The van der Waals surface area contributed by atoms with Crippen LogP contribution in [0.3, 0.4) is 0 Å². The third-order valence-corrected chi connectivity index (χ3v) is 5.29. The van der Waals surface area contributed by atoms with Gasteiger partial charge in [-0.3, -0.25) is 5.32 Å². The lowest BCUT2D eigenvalue weighted by Crippen LogP contribution is -2.19. The summed E-state index contributed by atoms with van der Waals surface area (Å²) in [6.07, 6.45) is 1.42. The molecule has 0 saturated heterocycles. The van der Waals surface area contributed by atoms with E-state index in [1.54, 1.807) is 45.4 Å². The Morgan fingerprint density at radius 1 is 0.914 bits per heavy atom. The smallest absolute Gasteiger partial charge is 0.324 e. The minimum atomic E-state index is -0.444. The number of carbonyl (C=O) groups is 1. The summed E-state index contributed by atoms with van der Waals surface area (Å²) in [7, 11) is 3.13. The van der Waals surface area contributed by atoms with Crippen molar-refractivity contribution in [3.8, 4) is 23.1 Å². The van der Waals surface area contributed by atoms with Crippen LogP contribution in [0.4, 0.5) is 16.3 Å². The molecule has 0 radical (unpaired) electrons. The molecular weight excluding hydrogens is 450 g/mol. The van der Waals surface area contributed by atoms with Gasteiger partial charge in [-0.2, -0.15) is 0 Å². The van der Waals surface area contributed by atoms with Gasteiger partial charge in [-0.25, -0.2) is 14.8 Å². The van der Waals surface area contributed by atoms with Crippen molar-refractivity contribution in [3.05, 3.63) is 66.7 Å². The molecule has 35 heavy (non-hydrogen) atoms. The number of fused-ring (bicyclic) bond motifs is 2. The van der Waals surface area contributed by atoms with Crippen LogP contribution < -0.4 is 24.8 Å². The molecule has 0 unspecified atom stereocenters. The molecule has 0 bridgehead atoms. The van der Waals surface area contributed by atoms with Gasteiger partial charge in [0.25, 0.3) is 0 Å². The molecular formula is C25H21N5O5. The predicted molar refractivity (Wildman–Crippen MR) is 131 cm³/mol. The maximum absolute atomic E-state index is 12.5. The van der Waals surface area contributed by atoms with E-state index in [4.69, 9.17) is 18.7 Å². The van der Waals surface area contributed by atoms with Gasteiger partial charge in [-0.1, -0.05) is 23.4 Å². The Kier molecular flexibility index (Phi) is 5.76. The van der Waals surface area contributed by atoms with E-state index in [9.17, 15) is 4.79 Å². The second kappa shape index (κ2) is 9.18. The third-order valence-electron chi connectivity index (χ3n) is 5.29. The largest absolute Gasteiger partial charge is 0.493 e. The van der Waals surface area contributed by atoms with Crippen molar-refractivity contribution < 1.29 is 23.5 Å². The fourth-order valence-electron chi connectivity index (χ4n) is 3.67. The van der Waals surface area contributed by atoms with Crippen molar-refractivity contribution in [1.29, 1.82) is 0 Å². The molecule has 5 rings (SSSR count). The van der Waals surface area contributed by atoms with E-state index >= 15 is 0 Å². The number of methoxy groups -OCH3 is 2. The fourth-order valence-corrected chi connectivity index (χ4v) is 3.67. The van der Waals surface area contributed by atoms with Crippen molar-refractivity contribution in [2.24, 2.45) is 0 Å². The summed E-state index contributed by atoms with van der Waals surface area (Å²) >= 11 is 0. The molecule has 0 aliphatic carbocycles. The number of rotatable bonds is 6. The standard InChI is InChI=1S/C25H21N5O5/c1-14-9-23(30-35-14)29-25(31)28-19-6-4-5-15-7-8-16(10-17(15)19)34-24-18-11-21(32-2)22(33-3)12-20(18)26-13-27-24/h4-13H,1-3H3,(H2,28,29,30,31). The lowest BCUT2D eigenvalue weighted by Gasteiger charge is -2.13. The van der Waals surface area contributed by atoms with E-state index in [-0.39, 0.29) is 0 Å². The van der Waals surface area contributed by atoms with Crippen LogP contribution in [0.15, 0.2) is 65.4 Å². The minimum Gasteiger partial charge on any atom is -0.493 e. The number of amides is 2. The van der Waals surface area contributed by atoms with Gasteiger partial charge in [0.2, 0.25) is 5.88 Å². The molecule has 176 valence electrons. The Hall–Kier alpha value is -4.86. The molecule has 10 heteroatoms. The van der Waals surface area contributed by atoms with Crippen LogP contribution in [0.2, 0.25) is 0 Å². The number of hydrogen-bond acceptors (Lipinski definition) is 8. The number of ether oxygens (including phenoxy) is 3. The topological polar surface area (TPSA) is 121 Å². The highest BCUT2D eigenvalue weighted by molar-refractivity contribution is 6.06. The highest BCUT2D eigenvalue weighted by Crippen LogP contribution is 2.36. The number of nitrogens with zero attached hydrogens (tertiary/aromatic N) is 3. The molecule has 2 amide bonds. The molecule has 0 aliphatic heterocycles. The summed E-state index contributed by atoms with van der Waals surface area (Å²) in [5, 5.41) is 11.6. The van der Waals surface area contributed by atoms with Crippen LogP contribution in [0.5, 0.6) is 23.1 Å². The number of hydrogen-bond donors (Lipinski definition) is 2. The number of nitrogens with one attached hydrogen (secondary N) is 2. The Bertz CT molecular complexity index is 1550. The monoisotopic (exact) mass is 471 g/mol. The normalized spacial score (nSPS) is 10.8. The van der Waals surface area contributed by atoms with Gasteiger partial charge in [0.15, 0.2) is 17.3 Å². The third kappa shape index (κ3) is 4.49. The van der Waals surface area contributed by atoms with E-state index in [0.29, 0.717) is 51.3 Å². The van der Waals surface area contributed by atoms with Gasteiger partial charge in [0.1, 0.15) is 17.8 Å². The Balaban J connectivity index is 1.46. The molecule has 3 aromatic carbocycles. The minimum absolute atomic E-state index is 0.326. The van der Waals surface area contributed by atoms with Crippen LogP contribution in [0.1, 0.15) is 5.76 Å². The highest BCUT2D eigenvalue weighted by Gasteiger charge is 2.14. The van der Waals surface area contributed by atoms with E-state index < -0.39 is 6.03 Å². The van der Waals surface area contributed by atoms with Crippen LogP contribution >= 0.6 is 0 Å². The summed E-state index contributed by atoms with van der Waals surface area (Å²) in [5.41, 5.74) is 1.25. The molecule has 2 heterocycles. The first-order valence-corrected chi connectivity index (χ1v) is 10.6. The summed E-state index contributed by atoms with van der Waals surface area (Å²) in [6.45, 7) is 1.75. The number of carbonyl (C=O) groups excluding carboxylic acids is 1. The molecule has 0 spiro atoms. The molecule has 2 aromatic heterocycles. The Morgan fingerprint density at radius 3 is 2.51 bits per heavy atom. The number of anilines is 2. The maximum Gasteiger partial charge on any atom is 0.324 e. The van der Waals surface area contributed by atoms with Crippen LogP contribution in [-0.2, 0) is 0 Å². The van der Waals surface area contributed by atoms with Crippen molar-refractivity contribution in [2.45, 2.75) is 6.92 Å². The molecule has 10 nitrogen and oxygen atoms in total. The lowest BCUT2D eigenvalue weighted by atomic mass is 10.1. The van der Waals surface area contributed by atoms with Crippen molar-refractivity contribution in [3.63, 3.8) is 0 Å². The fraction of sp³-hybridized carbons (Fsp3) is 0.120. The predicted octanol–water partition coefficient (Wildman–Crippen LogP) is 5.53. The zero-order valence-electron chi connectivity index (χ0n) is 19.2. The second-order valence-corrected chi connectivity index (χ2v) is 7.60. The SMILES string of the molecule is COc1cc2ncnc(Oc3ccc4cccc(NC(=O)Nc5cc(C)on5)c4c3)c2cc1OC. The summed E-state index contributed by atoms with van der Waals surface area (Å²) < 4.78 is 21.9. The molecule has 0 saturated carbocycles. The zero-order valence-corrected chi connectivity index (χ0v) is 19.2. The Labute approximate surface area is 199 Å². The van der Waals surface area contributed by atoms with Crippen molar-refractivity contribution in [2.75, 3.05) is 24.9 Å². The van der Waals surface area contributed by atoms with E-state index in [1.165, 1.54) is 6.33 Å².